The first-order chi connectivity index (χ1) is 18.6. The molecule has 0 saturated carbocycles. The van der Waals surface area contributed by atoms with Crippen molar-refractivity contribution < 1.29 is 25.5 Å². The molecule has 0 spiro atoms. The van der Waals surface area contributed by atoms with Crippen molar-refractivity contribution in [3.8, 4) is 28.6 Å². The number of amides is 1. The number of aromatic nitrogens is 2. The van der Waals surface area contributed by atoms with Crippen molar-refractivity contribution in [1.29, 1.82) is 0 Å². The van der Waals surface area contributed by atoms with Crippen LogP contribution in [0.4, 0.5) is 0 Å². The third-order valence-electron chi connectivity index (χ3n) is 5.90. The van der Waals surface area contributed by atoms with Crippen LogP contribution in [0.15, 0.2) is 71.8 Å². The normalized spacial score (nSPS) is 11.2. The molecule has 2 heterocycles. The van der Waals surface area contributed by atoms with Gasteiger partial charge in [-0.25, -0.2) is 14.7 Å². The third-order valence-corrected chi connectivity index (χ3v) is 7.13. The summed E-state index contributed by atoms with van der Waals surface area (Å²) in [4.78, 5) is 22.0. The Morgan fingerprint density at radius 3 is 2.26 bits per heavy atom. The summed E-state index contributed by atoms with van der Waals surface area (Å²) in [5, 5.41) is -0.251. The summed E-state index contributed by atoms with van der Waals surface area (Å²) in [6.45, 7) is 10.1. The minimum atomic E-state index is -4.22. The molecule has 4 rings (SSSR count). The molecule has 39 heavy (non-hydrogen) atoms. The number of nitrogens with zero attached hydrogens (tertiary/aromatic N) is 2. The number of sulfonamides is 1. The lowest BCUT2D eigenvalue weighted by molar-refractivity contribution is 0.0978. The van der Waals surface area contributed by atoms with Crippen molar-refractivity contribution in [3.63, 3.8) is 0 Å². The van der Waals surface area contributed by atoms with Crippen molar-refractivity contribution in [3.05, 3.63) is 94.7 Å². The van der Waals surface area contributed by atoms with Gasteiger partial charge in [-0.05, 0) is 93.8 Å². The molecule has 0 bridgehead atoms. The smallest absolute Gasteiger partial charge is 0.281 e. The molecule has 1 amide bonds. The van der Waals surface area contributed by atoms with Crippen molar-refractivity contribution >= 4 is 15.9 Å². The molecule has 0 fully saturated rings. The van der Waals surface area contributed by atoms with Gasteiger partial charge in [0.2, 0.25) is 5.88 Å². The number of aryl methyl sites for hydroxylation is 4. The van der Waals surface area contributed by atoms with Gasteiger partial charge in [-0.1, -0.05) is 30.7 Å². The van der Waals surface area contributed by atoms with E-state index in [9.17, 15) is 13.2 Å². The fourth-order valence-electron chi connectivity index (χ4n) is 4.12. The van der Waals surface area contributed by atoms with E-state index in [1.165, 1.54) is 12.1 Å². The lowest BCUT2D eigenvalue weighted by atomic mass is 10.1. The largest absolute Gasteiger partial charge is 0.494 e. The van der Waals surface area contributed by atoms with Crippen LogP contribution in [0.3, 0.4) is 0 Å². The van der Waals surface area contributed by atoms with Crippen LogP contribution in [0, 0.1) is 27.7 Å². The molecule has 1 N–H and O–H groups in total. The van der Waals surface area contributed by atoms with Crippen LogP contribution in [0.1, 0.15) is 48.9 Å². The van der Waals surface area contributed by atoms with Gasteiger partial charge in [-0.2, -0.15) is 8.42 Å². The van der Waals surface area contributed by atoms with Crippen molar-refractivity contribution in [2.75, 3.05) is 6.61 Å². The second-order valence-electron chi connectivity index (χ2n) is 9.30. The lowest BCUT2D eigenvalue weighted by Gasteiger charge is -2.16. The average molecular weight is 550 g/mol. The first kappa shape index (κ1) is 27.8. The maximum Gasteiger partial charge on any atom is 0.281 e. The second-order valence-corrected chi connectivity index (χ2v) is 10.9. The van der Waals surface area contributed by atoms with E-state index >= 15 is 0 Å². The first-order valence-corrected chi connectivity index (χ1v) is 14.1. The Balaban J connectivity index is 0.00000294. The second kappa shape index (κ2) is 11.7. The van der Waals surface area contributed by atoms with E-state index < -0.39 is 15.9 Å². The van der Waals surface area contributed by atoms with Crippen molar-refractivity contribution in [1.82, 2.24) is 14.7 Å². The predicted molar refractivity (Wildman–Crippen MR) is 154 cm³/mol. The summed E-state index contributed by atoms with van der Waals surface area (Å²) in [7, 11) is -4.22. The number of hydrogen-bond donors (Lipinski definition) is 1. The van der Waals surface area contributed by atoms with Crippen LogP contribution >= 0.6 is 0 Å². The fourth-order valence-corrected chi connectivity index (χ4v) is 5.10. The van der Waals surface area contributed by atoms with Crippen LogP contribution in [0.2, 0.25) is 0 Å². The molecule has 206 valence electrons. The number of hydrogen-bond acceptors (Lipinski definition) is 7. The topological polar surface area (TPSA) is 107 Å². The van der Waals surface area contributed by atoms with E-state index in [0.717, 1.165) is 34.4 Å². The van der Waals surface area contributed by atoms with Gasteiger partial charge in [-0.3, -0.25) is 4.79 Å². The van der Waals surface area contributed by atoms with Crippen LogP contribution in [0.5, 0.6) is 17.4 Å². The first-order valence-electron chi connectivity index (χ1n) is 12.6. The highest BCUT2D eigenvalue weighted by atomic mass is 32.2. The molecule has 2 aromatic heterocycles. The molecule has 0 saturated heterocycles. The minimum Gasteiger partial charge on any atom is -0.494 e. The Bertz CT molecular complexity index is 1600. The number of pyridine rings is 2. The Hall–Kier alpha value is -4.24. The summed E-state index contributed by atoms with van der Waals surface area (Å²) < 4.78 is 39.8. The fraction of sp³-hybridized carbons (Fsp3) is 0.233. The Morgan fingerprint density at radius 1 is 0.923 bits per heavy atom. The van der Waals surface area contributed by atoms with Gasteiger partial charge in [0, 0.05) is 14.1 Å². The molecule has 0 aliphatic rings. The number of nitrogens with one attached hydrogen (secondary N) is 1. The van der Waals surface area contributed by atoms with E-state index in [4.69, 9.17) is 9.47 Å². The highest BCUT2D eigenvalue weighted by molar-refractivity contribution is 7.90. The number of ether oxygens (including phenoxy) is 2. The van der Waals surface area contributed by atoms with Gasteiger partial charge >= 0.3 is 0 Å². The maximum atomic E-state index is 13.3. The van der Waals surface area contributed by atoms with E-state index in [1.807, 2.05) is 64.1 Å². The van der Waals surface area contributed by atoms with Gasteiger partial charge in [0.25, 0.3) is 15.9 Å². The Kier molecular flexibility index (Phi) is 8.30. The molecule has 0 atom stereocenters. The predicted octanol–water partition coefficient (Wildman–Crippen LogP) is 6.57. The number of benzene rings is 2. The molecule has 4 aromatic rings. The zero-order chi connectivity index (χ0) is 28.2. The SMILES string of the molecule is CCCOc1ccc(-c2ccc(C(=O)NS(=O)(=O)c3cccc(C)n3)c(Oc3c(C)cc(C)cc3C)n2)cc1.[HH].[HH]. The van der Waals surface area contributed by atoms with Gasteiger partial charge in [-0.15, -0.1) is 0 Å². The van der Waals surface area contributed by atoms with Crippen LogP contribution in [-0.4, -0.2) is 30.9 Å². The molecule has 0 aliphatic heterocycles. The minimum absolute atomic E-state index is 0. The molecule has 8 nitrogen and oxygen atoms in total. The van der Waals surface area contributed by atoms with Crippen LogP contribution < -0.4 is 14.2 Å². The van der Waals surface area contributed by atoms with E-state index in [1.54, 1.807) is 25.1 Å². The lowest BCUT2D eigenvalue weighted by Crippen LogP contribution is -2.31. The summed E-state index contributed by atoms with van der Waals surface area (Å²) in [5.41, 5.74) is 4.60. The van der Waals surface area contributed by atoms with E-state index in [0.29, 0.717) is 23.7 Å². The van der Waals surface area contributed by atoms with Gasteiger partial charge in [0.1, 0.15) is 17.1 Å². The molecular formula is C30H35N3O5S. The van der Waals surface area contributed by atoms with E-state index in [-0.39, 0.29) is 19.3 Å². The molecular weight excluding hydrogens is 514 g/mol. The summed E-state index contributed by atoms with van der Waals surface area (Å²) in [5.74, 6) is 0.400. The third kappa shape index (κ3) is 6.61. The number of carbonyl (C=O) groups excluding carboxylic acids is 1. The summed E-state index contributed by atoms with van der Waals surface area (Å²) in [6, 6.07) is 19.1. The Morgan fingerprint density at radius 2 is 1.62 bits per heavy atom. The van der Waals surface area contributed by atoms with Crippen LogP contribution in [-0.2, 0) is 10.0 Å². The van der Waals surface area contributed by atoms with Gasteiger partial charge in [0.15, 0.2) is 5.03 Å². The Labute approximate surface area is 232 Å². The molecule has 0 radical (unpaired) electrons. The van der Waals surface area contributed by atoms with E-state index in [2.05, 4.69) is 14.7 Å². The monoisotopic (exact) mass is 549 g/mol. The highest BCUT2D eigenvalue weighted by Gasteiger charge is 2.24. The quantitative estimate of drug-likeness (QED) is 0.252. The van der Waals surface area contributed by atoms with Crippen molar-refractivity contribution in [2.24, 2.45) is 0 Å². The standard InChI is InChI=1S/C30H31N3O5S.2H2/c1-6-16-37-24-12-10-23(11-13-24)26-15-14-25(29(34)33-39(35,36)27-9-7-8-22(5)31-27)30(32-26)38-28-20(3)17-19(2)18-21(28)4;;/h7-15,17-18H,6,16H2,1-5H3,(H,33,34);2*1H. The molecule has 2 aromatic carbocycles. The van der Waals surface area contributed by atoms with Crippen molar-refractivity contribution in [2.45, 2.75) is 46.1 Å². The number of carbonyl (C=O) groups is 1. The van der Waals surface area contributed by atoms with Gasteiger partial charge < -0.3 is 9.47 Å². The molecule has 0 unspecified atom stereocenters. The molecule has 0 aliphatic carbocycles. The summed E-state index contributed by atoms with van der Waals surface area (Å²) in [6.07, 6.45) is 0.904. The average Bonchev–Trinajstić information content (AvgIpc) is 2.89. The maximum absolute atomic E-state index is 13.3. The molecule has 9 heteroatoms. The van der Waals surface area contributed by atoms with Gasteiger partial charge in [0.05, 0.1) is 12.3 Å². The number of rotatable bonds is 9. The van der Waals surface area contributed by atoms with Crippen LogP contribution in [0.25, 0.3) is 11.3 Å². The summed E-state index contributed by atoms with van der Waals surface area (Å²) >= 11 is 0. The highest BCUT2D eigenvalue weighted by Crippen LogP contribution is 2.33. The zero-order valence-electron chi connectivity index (χ0n) is 22.6. The zero-order valence-corrected chi connectivity index (χ0v) is 23.4.